The van der Waals surface area contributed by atoms with E-state index < -0.39 is 0 Å². The van der Waals surface area contributed by atoms with E-state index in [9.17, 15) is 0 Å². The Labute approximate surface area is 205 Å². The summed E-state index contributed by atoms with van der Waals surface area (Å²) in [5.74, 6) is 0. The zero-order valence-corrected chi connectivity index (χ0v) is 19.4. The van der Waals surface area contributed by atoms with Gasteiger partial charge in [-0.25, -0.2) is 0 Å². The number of hydrogen-bond acceptors (Lipinski definition) is 1. The first-order chi connectivity index (χ1) is 17.3. The average Bonchev–Trinajstić information content (AvgIpc) is 3.46. The quantitative estimate of drug-likeness (QED) is 0.228. The number of hydrogen-bond donors (Lipinski definition) is 0. The van der Waals surface area contributed by atoms with Crippen molar-refractivity contribution in [2.24, 2.45) is 0 Å². The third kappa shape index (κ3) is 2.24. The summed E-state index contributed by atoms with van der Waals surface area (Å²) in [6, 6.07) is 34.3. The molecule has 0 atom stereocenters. The number of benzene rings is 5. The fraction of sp³-hybridized carbons (Fsp3) is 0.118. The highest BCUT2D eigenvalue weighted by Crippen LogP contribution is 2.56. The van der Waals surface area contributed by atoms with E-state index in [0.717, 1.165) is 25.7 Å². The summed E-state index contributed by atoms with van der Waals surface area (Å²) in [6.07, 6.45) is 4.14. The Balaban J connectivity index is 1.32. The van der Waals surface area contributed by atoms with E-state index in [-0.39, 0.29) is 0 Å². The summed E-state index contributed by atoms with van der Waals surface area (Å²) in [6.45, 7) is 0. The van der Waals surface area contributed by atoms with E-state index in [1.807, 2.05) is 0 Å². The summed E-state index contributed by atoms with van der Waals surface area (Å²) < 4.78 is 0. The number of para-hydroxylation sites is 2. The highest BCUT2D eigenvalue weighted by atomic mass is 15.2. The minimum absolute atomic E-state index is 1.01. The molecule has 0 amide bonds. The number of anilines is 3. The predicted molar refractivity (Wildman–Crippen MR) is 143 cm³/mol. The van der Waals surface area contributed by atoms with Gasteiger partial charge in [-0.05, 0) is 97.8 Å². The second-order valence-electron chi connectivity index (χ2n) is 10.5. The van der Waals surface area contributed by atoms with Gasteiger partial charge in [-0.1, -0.05) is 72.8 Å². The van der Waals surface area contributed by atoms with Gasteiger partial charge in [0.25, 0.3) is 0 Å². The molecule has 1 heteroatoms. The van der Waals surface area contributed by atoms with Crippen LogP contribution in [0.2, 0.25) is 0 Å². The maximum atomic E-state index is 2.56. The molecule has 0 spiro atoms. The zero-order valence-electron chi connectivity index (χ0n) is 19.4. The lowest BCUT2D eigenvalue weighted by Crippen LogP contribution is -2.25. The number of fused-ring (bicyclic) bond motifs is 12. The van der Waals surface area contributed by atoms with Crippen LogP contribution in [0.4, 0.5) is 17.1 Å². The van der Waals surface area contributed by atoms with Crippen molar-refractivity contribution in [3.8, 4) is 22.3 Å². The van der Waals surface area contributed by atoms with Gasteiger partial charge in [0.15, 0.2) is 0 Å². The second-order valence-corrected chi connectivity index (χ2v) is 10.5. The van der Waals surface area contributed by atoms with Gasteiger partial charge in [0, 0.05) is 24.2 Å². The molecule has 0 radical (unpaired) electrons. The van der Waals surface area contributed by atoms with Crippen LogP contribution in [0, 0.1) is 0 Å². The first-order valence-corrected chi connectivity index (χ1v) is 12.7. The Morgan fingerprint density at radius 2 is 1.11 bits per heavy atom. The van der Waals surface area contributed by atoms with Crippen molar-refractivity contribution in [3.63, 3.8) is 0 Å². The van der Waals surface area contributed by atoms with Gasteiger partial charge in [-0.3, -0.25) is 0 Å². The smallest absolute Gasteiger partial charge is 0.0535 e. The van der Waals surface area contributed by atoms with Gasteiger partial charge in [0.1, 0.15) is 0 Å². The van der Waals surface area contributed by atoms with E-state index >= 15 is 0 Å². The largest absolute Gasteiger partial charge is 0.309 e. The van der Waals surface area contributed by atoms with Crippen LogP contribution < -0.4 is 4.90 Å². The molecule has 0 N–H and O–H groups in total. The van der Waals surface area contributed by atoms with E-state index in [2.05, 4.69) is 95.9 Å². The van der Waals surface area contributed by atoms with Crippen LogP contribution >= 0.6 is 0 Å². The Hall–Kier alpha value is -4.10. The van der Waals surface area contributed by atoms with Gasteiger partial charge in [-0.15, -0.1) is 0 Å². The monoisotopic (exact) mass is 445 g/mol. The van der Waals surface area contributed by atoms with Crippen molar-refractivity contribution in [2.75, 3.05) is 4.90 Å². The van der Waals surface area contributed by atoms with Gasteiger partial charge in [0.05, 0.1) is 5.69 Å². The first-order valence-electron chi connectivity index (χ1n) is 12.7. The zero-order chi connectivity index (χ0) is 22.7. The van der Waals surface area contributed by atoms with Crippen molar-refractivity contribution in [3.05, 3.63) is 136 Å². The van der Waals surface area contributed by atoms with Crippen LogP contribution in [0.5, 0.6) is 0 Å². The van der Waals surface area contributed by atoms with Crippen molar-refractivity contribution in [1.82, 2.24) is 0 Å². The summed E-state index contributed by atoms with van der Waals surface area (Å²) in [7, 11) is 0. The minimum Gasteiger partial charge on any atom is -0.309 e. The summed E-state index contributed by atoms with van der Waals surface area (Å²) in [4.78, 5) is 2.56. The Morgan fingerprint density at radius 1 is 0.429 bits per heavy atom. The lowest BCUT2D eigenvalue weighted by atomic mass is 9.82. The minimum atomic E-state index is 1.01. The molecule has 0 unspecified atom stereocenters. The van der Waals surface area contributed by atoms with E-state index in [1.165, 1.54) is 67.1 Å². The highest BCUT2D eigenvalue weighted by Gasteiger charge is 2.37. The Morgan fingerprint density at radius 3 is 1.94 bits per heavy atom. The van der Waals surface area contributed by atoms with E-state index in [0.29, 0.717) is 0 Å². The lowest BCUT2D eigenvalue weighted by molar-refractivity contribution is 0.994. The molecule has 0 bridgehead atoms. The maximum Gasteiger partial charge on any atom is 0.0535 e. The molecule has 0 fully saturated rings. The SMILES string of the molecule is c1ccc2c(c1)Cc1ccc3c(c1-2)Cc1c-3cc2c3c1Cc1ccccc1N3c1ccccc1C2. The van der Waals surface area contributed by atoms with Crippen LogP contribution in [0.3, 0.4) is 0 Å². The van der Waals surface area contributed by atoms with Gasteiger partial charge in [-0.2, -0.15) is 0 Å². The summed E-state index contributed by atoms with van der Waals surface area (Å²) in [5, 5.41) is 0. The molecule has 2 aliphatic carbocycles. The van der Waals surface area contributed by atoms with Crippen LogP contribution in [0.1, 0.15) is 44.5 Å². The molecule has 0 saturated heterocycles. The van der Waals surface area contributed by atoms with Crippen molar-refractivity contribution in [2.45, 2.75) is 25.7 Å². The standard InChI is InChI=1S/C34H23N/c1-4-10-25-20(7-1)15-23-13-14-26-27-18-24-16-21-8-2-5-11-31(21)35-32-12-6-3-9-22(32)17-30(34(24)35)28(27)19-29(26)33(23)25/h1-14,18H,15-17,19H2. The molecule has 164 valence electrons. The van der Waals surface area contributed by atoms with Crippen molar-refractivity contribution >= 4 is 17.1 Å². The first kappa shape index (κ1) is 18.3. The molecule has 1 nitrogen and oxygen atoms in total. The highest BCUT2D eigenvalue weighted by molar-refractivity contribution is 5.96. The van der Waals surface area contributed by atoms with Crippen LogP contribution in [0.25, 0.3) is 22.3 Å². The molecular formula is C34H23N. The van der Waals surface area contributed by atoms with E-state index in [4.69, 9.17) is 0 Å². The fourth-order valence-electron chi connectivity index (χ4n) is 7.31. The second kappa shape index (κ2) is 6.31. The van der Waals surface area contributed by atoms with Crippen LogP contribution in [0.15, 0.2) is 91.0 Å². The Bertz CT molecular complexity index is 1740. The molecule has 35 heavy (non-hydrogen) atoms. The molecule has 2 aliphatic heterocycles. The van der Waals surface area contributed by atoms with Crippen LogP contribution in [-0.2, 0) is 25.7 Å². The van der Waals surface area contributed by atoms with Crippen LogP contribution in [-0.4, -0.2) is 0 Å². The molecule has 5 aromatic rings. The third-order valence-corrected chi connectivity index (χ3v) is 8.75. The molecule has 0 saturated carbocycles. The Kier molecular flexibility index (Phi) is 3.29. The molecular weight excluding hydrogens is 422 g/mol. The molecule has 0 aromatic heterocycles. The summed E-state index contributed by atoms with van der Waals surface area (Å²) >= 11 is 0. The number of rotatable bonds is 0. The molecule has 5 aromatic carbocycles. The van der Waals surface area contributed by atoms with Gasteiger partial charge >= 0.3 is 0 Å². The van der Waals surface area contributed by atoms with Crippen molar-refractivity contribution in [1.29, 1.82) is 0 Å². The fourth-order valence-corrected chi connectivity index (χ4v) is 7.31. The summed E-state index contributed by atoms with van der Waals surface area (Å²) in [5.41, 5.74) is 22.0. The van der Waals surface area contributed by atoms with E-state index in [1.54, 1.807) is 16.7 Å². The molecule has 2 heterocycles. The maximum absolute atomic E-state index is 2.56. The normalized spacial score (nSPS) is 14.9. The van der Waals surface area contributed by atoms with Crippen molar-refractivity contribution < 1.29 is 0 Å². The predicted octanol–water partition coefficient (Wildman–Crippen LogP) is 8.11. The molecule has 9 rings (SSSR count). The third-order valence-electron chi connectivity index (χ3n) is 8.75. The number of nitrogens with zero attached hydrogens (tertiary/aromatic N) is 1. The molecule has 4 aliphatic rings. The average molecular weight is 446 g/mol. The van der Waals surface area contributed by atoms with Gasteiger partial charge < -0.3 is 4.90 Å². The topological polar surface area (TPSA) is 3.24 Å². The van der Waals surface area contributed by atoms with Gasteiger partial charge in [0.2, 0.25) is 0 Å². The lowest BCUT2D eigenvalue weighted by Gasteiger charge is -2.40.